The third kappa shape index (κ3) is 3.49. The second kappa shape index (κ2) is 6.60. The van der Waals surface area contributed by atoms with Gasteiger partial charge in [0.15, 0.2) is 0 Å². The standard InChI is InChI=1S/C18H23NO4/c1-12-10-19(11-16(12)18(21)22)17(20)13-5-4-8-15(9-13)23-14-6-2-3-7-14/h4-5,8-9,12,14,16H,2-3,6-7,10-11H2,1H3,(H,21,22)/t12-,16-/m1/s1. The summed E-state index contributed by atoms with van der Waals surface area (Å²) in [7, 11) is 0. The number of nitrogens with zero attached hydrogens (tertiary/aromatic N) is 1. The molecule has 1 aromatic rings. The summed E-state index contributed by atoms with van der Waals surface area (Å²) >= 11 is 0. The summed E-state index contributed by atoms with van der Waals surface area (Å²) in [4.78, 5) is 25.5. The van der Waals surface area contributed by atoms with E-state index in [9.17, 15) is 14.7 Å². The molecule has 1 saturated heterocycles. The second-order valence-electron chi connectivity index (χ2n) is 6.68. The van der Waals surface area contributed by atoms with E-state index in [1.165, 1.54) is 12.8 Å². The maximum Gasteiger partial charge on any atom is 0.308 e. The number of rotatable bonds is 4. The average molecular weight is 317 g/mol. The summed E-state index contributed by atoms with van der Waals surface area (Å²) in [6.07, 6.45) is 4.80. The van der Waals surface area contributed by atoms with E-state index in [1.807, 2.05) is 19.1 Å². The highest BCUT2D eigenvalue weighted by atomic mass is 16.5. The van der Waals surface area contributed by atoms with E-state index in [0.717, 1.165) is 18.6 Å². The molecule has 5 nitrogen and oxygen atoms in total. The van der Waals surface area contributed by atoms with E-state index < -0.39 is 11.9 Å². The summed E-state index contributed by atoms with van der Waals surface area (Å²) in [6, 6.07) is 7.25. The Morgan fingerprint density at radius 2 is 1.96 bits per heavy atom. The Kier molecular flexibility index (Phi) is 4.55. The highest BCUT2D eigenvalue weighted by Gasteiger charge is 2.37. The van der Waals surface area contributed by atoms with Gasteiger partial charge >= 0.3 is 5.97 Å². The molecule has 1 amide bonds. The van der Waals surface area contributed by atoms with E-state index in [2.05, 4.69) is 0 Å². The number of hydrogen-bond acceptors (Lipinski definition) is 3. The lowest BCUT2D eigenvalue weighted by atomic mass is 9.99. The summed E-state index contributed by atoms with van der Waals surface area (Å²) < 4.78 is 5.94. The molecule has 3 rings (SSSR count). The van der Waals surface area contributed by atoms with Crippen LogP contribution in [0, 0.1) is 11.8 Å². The summed E-state index contributed by atoms with van der Waals surface area (Å²) in [5.74, 6) is -0.709. The molecule has 2 aliphatic rings. The van der Waals surface area contributed by atoms with Gasteiger partial charge in [-0.1, -0.05) is 13.0 Å². The van der Waals surface area contributed by atoms with Gasteiger partial charge < -0.3 is 14.7 Å². The number of aliphatic carboxylic acids is 1. The van der Waals surface area contributed by atoms with Crippen LogP contribution in [0.4, 0.5) is 0 Å². The van der Waals surface area contributed by atoms with Crippen LogP contribution in [0.1, 0.15) is 43.0 Å². The molecular formula is C18H23NO4. The first kappa shape index (κ1) is 15.8. The highest BCUT2D eigenvalue weighted by Crippen LogP contribution is 2.27. The van der Waals surface area contributed by atoms with Crippen molar-refractivity contribution in [3.63, 3.8) is 0 Å². The van der Waals surface area contributed by atoms with Crippen LogP contribution in [0.2, 0.25) is 0 Å². The third-order valence-electron chi connectivity index (χ3n) is 4.90. The van der Waals surface area contributed by atoms with Gasteiger partial charge in [-0.2, -0.15) is 0 Å². The number of amides is 1. The number of hydrogen-bond donors (Lipinski definition) is 1. The molecule has 0 radical (unpaired) electrons. The van der Waals surface area contributed by atoms with Crippen LogP contribution in [0.3, 0.4) is 0 Å². The molecular weight excluding hydrogens is 294 g/mol. The van der Waals surface area contributed by atoms with Crippen molar-refractivity contribution in [2.75, 3.05) is 13.1 Å². The van der Waals surface area contributed by atoms with Crippen molar-refractivity contribution in [2.45, 2.75) is 38.7 Å². The van der Waals surface area contributed by atoms with E-state index in [-0.39, 0.29) is 24.5 Å². The van der Waals surface area contributed by atoms with Crippen molar-refractivity contribution in [3.8, 4) is 5.75 Å². The molecule has 0 bridgehead atoms. The quantitative estimate of drug-likeness (QED) is 0.927. The Morgan fingerprint density at radius 3 is 2.61 bits per heavy atom. The zero-order chi connectivity index (χ0) is 16.4. The van der Waals surface area contributed by atoms with Crippen molar-refractivity contribution in [1.82, 2.24) is 4.90 Å². The molecule has 0 spiro atoms. The van der Waals surface area contributed by atoms with Crippen LogP contribution in [-0.2, 0) is 4.79 Å². The second-order valence-corrected chi connectivity index (χ2v) is 6.68. The van der Waals surface area contributed by atoms with Gasteiger partial charge in [-0.15, -0.1) is 0 Å². The van der Waals surface area contributed by atoms with Gasteiger partial charge in [-0.25, -0.2) is 0 Å². The van der Waals surface area contributed by atoms with Crippen molar-refractivity contribution >= 4 is 11.9 Å². The molecule has 23 heavy (non-hydrogen) atoms. The lowest BCUT2D eigenvalue weighted by molar-refractivity contribution is -0.142. The minimum atomic E-state index is -0.828. The monoisotopic (exact) mass is 317 g/mol. The van der Waals surface area contributed by atoms with Crippen molar-refractivity contribution in [3.05, 3.63) is 29.8 Å². The molecule has 1 saturated carbocycles. The lowest BCUT2D eigenvalue weighted by Crippen LogP contribution is -2.30. The van der Waals surface area contributed by atoms with Crippen LogP contribution in [0.5, 0.6) is 5.75 Å². The van der Waals surface area contributed by atoms with E-state index >= 15 is 0 Å². The number of carbonyl (C=O) groups excluding carboxylic acids is 1. The zero-order valence-electron chi connectivity index (χ0n) is 13.4. The maximum absolute atomic E-state index is 12.6. The first-order valence-corrected chi connectivity index (χ1v) is 8.33. The molecule has 0 aromatic heterocycles. The summed E-state index contributed by atoms with van der Waals surface area (Å²) in [5, 5.41) is 9.20. The lowest BCUT2D eigenvalue weighted by Gasteiger charge is -2.17. The van der Waals surface area contributed by atoms with Gasteiger partial charge in [0.1, 0.15) is 5.75 Å². The molecule has 1 aliphatic carbocycles. The van der Waals surface area contributed by atoms with Gasteiger partial charge in [0, 0.05) is 18.7 Å². The van der Waals surface area contributed by atoms with Crippen molar-refractivity contribution in [1.29, 1.82) is 0 Å². The van der Waals surface area contributed by atoms with Gasteiger partial charge in [-0.3, -0.25) is 9.59 Å². The minimum absolute atomic E-state index is 0.0191. The van der Waals surface area contributed by atoms with Crippen molar-refractivity contribution < 1.29 is 19.4 Å². The van der Waals surface area contributed by atoms with E-state index in [4.69, 9.17) is 4.74 Å². The number of carboxylic acid groups (broad SMARTS) is 1. The molecule has 2 atom stereocenters. The van der Waals surface area contributed by atoms with Gasteiger partial charge in [0.25, 0.3) is 5.91 Å². The Labute approximate surface area is 136 Å². The first-order valence-electron chi connectivity index (χ1n) is 8.33. The first-order chi connectivity index (χ1) is 11.0. The largest absolute Gasteiger partial charge is 0.490 e. The Balaban J connectivity index is 1.69. The zero-order valence-corrected chi connectivity index (χ0v) is 13.4. The number of likely N-dealkylation sites (tertiary alicyclic amines) is 1. The van der Waals surface area contributed by atoms with Crippen molar-refractivity contribution in [2.24, 2.45) is 11.8 Å². The number of ether oxygens (including phenoxy) is 1. The average Bonchev–Trinajstić information content (AvgIpc) is 3.16. The predicted molar refractivity (Wildman–Crippen MR) is 85.5 cm³/mol. The van der Waals surface area contributed by atoms with Crippen LogP contribution in [0.15, 0.2) is 24.3 Å². The van der Waals surface area contributed by atoms with Crippen LogP contribution in [0.25, 0.3) is 0 Å². The fourth-order valence-electron chi connectivity index (χ4n) is 3.54. The molecule has 1 heterocycles. The SMILES string of the molecule is C[C@@H]1CN(C(=O)c2cccc(OC3CCCC3)c2)C[C@H]1C(=O)O. The Hall–Kier alpha value is -2.04. The number of carbonyl (C=O) groups is 2. The van der Waals surface area contributed by atoms with Crippen LogP contribution < -0.4 is 4.74 Å². The Morgan fingerprint density at radius 1 is 1.22 bits per heavy atom. The molecule has 5 heteroatoms. The molecule has 1 aromatic carbocycles. The van der Waals surface area contributed by atoms with E-state index in [0.29, 0.717) is 12.1 Å². The third-order valence-corrected chi connectivity index (χ3v) is 4.90. The molecule has 1 aliphatic heterocycles. The fourth-order valence-corrected chi connectivity index (χ4v) is 3.54. The molecule has 1 N–H and O–H groups in total. The predicted octanol–water partition coefficient (Wildman–Crippen LogP) is 2.80. The molecule has 124 valence electrons. The van der Waals surface area contributed by atoms with E-state index in [1.54, 1.807) is 17.0 Å². The summed E-state index contributed by atoms with van der Waals surface area (Å²) in [6.45, 7) is 2.65. The smallest absolute Gasteiger partial charge is 0.308 e. The topological polar surface area (TPSA) is 66.8 Å². The normalized spacial score (nSPS) is 24.8. The van der Waals surface area contributed by atoms with Gasteiger partial charge in [0.05, 0.1) is 12.0 Å². The maximum atomic E-state index is 12.6. The molecule has 0 unspecified atom stereocenters. The van der Waals surface area contributed by atoms with Crippen LogP contribution >= 0.6 is 0 Å². The molecule has 2 fully saturated rings. The fraction of sp³-hybridized carbons (Fsp3) is 0.556. The number of benzene rings is 1. The van der Waals surface area contributed by atoms with Gasteiger partial charge in [-0.05, 0) is 49.8 Å². The van der Waals surface area contributed by atoms with Crippen LogP contribution in [-0.4, -0.2) is 41.1 Å². The van der Waals surface area contributed by atoms with Gasteiger partial charge in [0.2, 0.25) is 0 Å². The highest BCUT2D eigenvalue weighted by molar-refractivity contribution is 5.95. The number of carboxylic acids is 1. The summed E-state index contributed by atoms with van der Waals surface area (Å²) in [5.41, 5.74) is 0.568. The Bertz CT molecular complexity index is 594. The minimum Gasteiger partial charge on any atom is -0.490 e.